The largest absolute Gasteiger partial charge is 0.481 e. The summed E-state index contributed by atoms with van der Waals surface area (Å²) in [5.74, 6) is 1.53. The van der Waals surface area contributed by atoms with Crippen molar-refractivity contribution in [3.05, 3.63) is 80.7 Å². The van der Waals surface area contributed by atoms with E-state index in [2.05, 4.69) is 28.3 Å². The Morgan fingerprint density at radius 2 is 2.22 bits per heavy atom. The molecule has 0 spiro atoms. The van der Waals surface area contributed by atoms with Gasteiger partial charge in [-0.2, -0.15) is 5.26 Å². The second kappa shape index (κ2) is 8.27. The third-order valence-corrected chi connectivity index (χ3v) is 6.21. The number of aliphatic imine (C=N–C) groups is 1. The minimum absolute atomic E-state index is 0.265. The molecule has 1 atom stereocenters. The van der Waals surface area contributed by atoms with Crippen molar-refractivity contribution in [2.75, 3.05) is 6.54 Å². The lowest BCUT2D eigenvalue weighted by atomic mass is 9.92. The second-order valence-electron chi connectivity index (χ2n) is 7.86. The van der Waals surface area contributed by atoms with Crippen LogP contribution in [0.1, 0.15) is 52.3 Å². The summed E-state index contributed by atoms with van der Waals surface area (Å²) in [5, 5.41) is 17.7. The van der Waals surface area contributed by atoms with Gasteiger partial charge in [-0.15, -0.1) is 0 Å². The molecule has 32 heavy (non-hydrogen) atoms. The van der Waals surface area contributed by atoms with E-state index in [4.69, 9.17) is 20.9 Å². The van der Waals surface area contributed by atoms with Gasteiger partial charge in [-0.1, -0.05) is 22.8 Å². The van der Waals surface area contributed by atoms with Gasteiger partial charge in [0.2, 0.25) is 0 Å². The van der Waals surface area contributed by atoms with Crippen LogP contribution in [0.4, 0.5) is 5.69 Å². The number of aromatic nitrogens is 1. The highest BCUT2D eigenvalue weighted by atomic mass is 35.5. The molecule has 0 aliphatic carbocycles. The molecule has 0 saturated carbocycles. The van der Waals surface area contributed by atoms with Crippen LogP contribution in [0.5, 0.6) is 5.75 Å². The second-order valence-corrected chi connectivity index (χ2v) is 8.29. The molecule has 0 saturated heterocycles. The number of nitrogens with one attached hydrogen (secondary N) is 1. The first-order valence-electron chi connectivity index (χ1n) is 10.5. The number of benzene rings is 2. The molecule has 2 aromatic carbocycles. The van der Waals surface area contributed by atoms with E-state index in [9.17, 15) is 5.26 Å². The van der Waals surface area contributed by atoms with Crippen LogP contribution in [-0.4, -0.2) is 18.4 Å². The first-order chi connectivity index (χ1) is 15.6. The molecule has 7 heteroatoms. The van der Waals surface area contributed by atoms with Crippen LogP contribution in [0.2, 0.25) is 5.02 Å². The van der Waals surface area contributed by atoms with Gasteiger partial charge in [0.25, 0.3) is 0 Å². The van der Waals surface area contributed by atoms with E-state index >= 15 is 0 Å². The molecule has 2 aliphatic heterocycles. The Morgan fingerprint density at radius 1 is 1.34 bits per heavy atom. The average molecular weight is 445 g/mol. The molecule has 3 aromatic rings. The van der Waals surface area contributed by atoms with Gasteiger partial charge in [-0.3, -0.25) is 4.99 Å². The number of nitrogens with zero attached hydrogens (tertiary/aromatic N) is 3. The van der Waals surface area contributed by atoms with Crippen molar-refractivity contribution < 1.29 is 9.26 Å². The zero-order valence-corrected chi connectivity index (χ0v) is 18.4. The normalized spacial score (nSPS) is 17.3. The molecule has 0 amide bonds. The van der Waals surface area contributed by atoms with Crippen molar-refractivity contribution in [2.45, 2.75) is 32.4 Å². The number of hydrogen-bond acceptors (Lipinski definition) is 6. The Bertz CT molecular complexity index is 1300. The van der Waals surface area contributed by atoms with Crippen LogP contribution in [0.3, 0.4) is 0 Å². The van der Waals surface area contributed by atoms with Gasteiger partial charge >= 0.3 is 0 Å². The average Bonchev–Trinajstić information content (AvgIpc) is 3.43. The smallest absolute Gasteiger partial charge is 0.182 e. The zero-order valence-electron chi connectivity index (χ0n) is 17.6. The highest BCUT2D eigenvalue weighted by Gasteiger charge is 2.34. The van der Waals surface area contributed by atoms with E-state index in [0.29, 0.717) is 22.7 Å². The standard InChI is InChI=1S/C25H21ClN4O2/c1-3-17(18-8-14(12-27)4-5-21(18)28-2)19-11-16(26)9-15-10-23(31-24(15)19)25-20-13-29-7-6-22(20)30-32-25/h3-5,8-9,11,23,29H,2,6-7,10,13H2,1H3/b17-3+. The van der Waals surface area contributed by atoms with E-state index < -0.39 is 0 Å². The molecule has 0 fully saturated rings. The predicted octanol–water partition coefficient (Wildman–Crippen LogP) is 5.31. The predicted molar refractivity (Wildman–Crippen MR) is 124 cm³/mol. The third kappa shape index (κ3) is 3.40. The number of ether oxygens (including phenoxy) is 1. The number of allylic oxidation sites excluding steroid dienone is 1. The number of rotatable bonds is 4. The van der Waals surface area contributed by atoms with E-state index in [1.807, 2.05) is 31.2 Å². The summed E-state index contributed by atoms with van der Waals surface area (Å²) < 4.78 is 12.2. The minimum atomic E-state index is -0.265. The molecule has 6 nitrogen and oxygen atoms in total. The topological polar surface area (TPSA) is 83.4 Å². The van der Waals surface area contributed by atoms with Crippen molar-refractivity contribution in [3.8, 4) is 11.8 Å². The molecular weight excluding hydrogens is 424 g/mol. The molecular formula is C25H21ClN4O2. The number of halogens is 1. The van der Waals surface area contributed by atoms with Crippen molar-refractivity contribution in [3.63, 3.8) is 0 Å². The fraction of sp³-hybridized carbons (Fsp3) is 0.240. The Hall–Kier alpha value is -3.40. The first-order valence-corrected chi connectivity index (χ1v) is 10.9. The summed E-state index contributed by atoms with van der Waals surface area (Å²) in [6.45, 7) is 7.26. The summed E-state index contributed by atoms with van der Waals surface area (Å²) in [6, 6.07) is 11.4. The van der Waals surface area contributed by atoms with Crippen LogP contribution in [0, 0.1) is 11.3 Å². The fourth-order valence-corrected chi connectivity index (χ4v) is 4.74. The molecule has 3 heterocycles. The number of nitriles is 1. The minimum Gasteiger partial charge on any atom is -0.481 e. The van der Waals surface area contributed by atoms with E-state index in [0.717, 1.165) is 64.5 Å². The Kier molecular flexibility index (Phi) is 5.30. The van der Waals surface area contributed by atoms with Gasteiger partial charge in [-0.05, 0) is 49.5 Å². The van der Waals surface area contributed by atoms with Gasteiger partial charge in [0.1, 0.15) is 5.75 Å². The van der Waals surface area contributed by atoms with Crippen molar-refractivity contribution in [1.82, 2.24) is 10.5 Å². The van der Waals surface area contributed by atoms with Crippen LogP contribution in [-0.2, 0) is 19.4 Å². The molecule has 1 aromatic heterocycles. The maximum absolute atomic E-state index is 9.40. The maximum atomic E-state index is 9.40. The molecule has 0 radical (unpaired) electrons. The van der Waals surface area contributed by atoms with Gasteiger partial charge in [0, 0.05) is 53.2 Å². The highest BCUT2D eigenvalue weighted by Crippen LogP contribution is 2.46. The SMILES string of the molecule is C=Nc1ccc(C#N)cc1/C(=C\C)c1cc(Cl)cc2c1OC(c1onc3c1CNCC3)C2. The Labute approximate surface area is 191 Å². The lowest BCUT2D eigenvalue weighted by Gasteiger charge is -2.17. The highest BCUT2D eigenvalue weighted by molar-refractivity contribution is 6.31. The number of fused-ring (bicyclic) bond motifs is 2. The van der Waals surface area contributed by atoms with Crippen molar-refractivity contribution in [1.29, 1.82) is 5.26 Å². The van der Waals surface area contributed by atoms with Crippen LogP contribution in [0.25, 0.3) is 5.57 Å². The fourth-order valence-electron chi connectivity index (χ4n) is 4.50. The lowest BCUT2D eigenvalue weighted by Crippen LogP contribution is -2.24. The summed E-state index contributed by atoms with van der Waals surface area (Å²) in [6.07, 6.45) is 3.21. The maximum Gasteiger partial charge on any atom is 0.182 e. The van der Waals surface area contributed by atoms with E-state index in [1.165, 1.54) is 0 Å². The van der Waals surface area contributed by atoms with Crippen LogP contribution < -0.4 is 10.1 Å². The lowest BCUT2D eigenvalue weighted by molar-refractivity contribution is 0.188. The van der Waals surface area contributed by atoms with Gasteiger partial charge in [0.05, 0.1) is 23.0 Å². The van der Waals surface area contributed by atoms with Gasteiger partial charge in [0.15, 0.2) is 11.9 Å². The summed E-state index contributed by atoms with van der Waals surface area (Å²) in [7, 11) is 0. The summed E-state index contributed by atoms with van der Waals surface area (Å²) in [4.78, 5) is 4.16. The molecule has 5 rings (SSSR count). The van der Waals surface area contributed by atoms with E-state index in [1.54, 1.807) is 12.1 Å². The quantitative estimate of drug-likeness (QED) is 0.551. The monoisotopic (exact) mass is 444 g/mol. The first kappa shape index (κ1) is 20.5. The van der Waals surface area contributed by atoms with Crippen molar-refractivity contribution in [2.24, 2.45) is 4.99 Å². The number of hydrogen-bond donors (Lipinski definition) is 1. The summed E-state index contributed by atoms with van der Waals surface area (Å²) in [5.41, 5.74) is 6.87. The zero-order chi connectivity index (χ0) is 22.2. The molecule has 2 aliphatic rings. The molecule has 0 bridgehead atoms. The molecule has 160 valence electrons. The Morgan fingerprint density at radius 3 is 3.00 bits per heavy atom. The summed E-state index contributed by atoms with van der Waals surface area (Å²) >= 11 is 6.52. The van der Waals surface area contributed by atoms with Crippen LogP contribution in [0.15, 0.2) is 45.9 Å². The Balaban J connectivity index is 1.59. The van der Waals surface area contributed by atoms with Gasteiger partial charge in [-0.25, -0.2) is 0 Å². The molecule has 1 unspecified atom stereocenters. The van der Waals surface area contributed by atoms with Gasteiger partial charge < -0.3 is 14.6 Å². The van der Waals surface area contributed by atoms with E-state index in [-0.39, 0.29) is 6.10 Å². The van der Waals surface area contributed by atoms with Crippen LogP contribution >= 0.6 is 11.6 Å². The third-order valence-electron chi connectivity index (χ3n) is 5.99. The van der Waals surface area contributed by atoms with Crippen molar-refractivity contribution >= 4 is 29.6 Å². The molecule has 1 N–H and O–H groups in total.